The Kier molecular flexibility index (Phi) is 4.40. The molecule has 0 aliphatic rings. The van der Waals surface area contributed by atoms with Crippen LogP contribution in [0.5, 0.6) is 0 Å². The smallest absolute Gasteiger partial charge is 0.137 e. The van der Waals surface area contributed by atoms with Gasteiger partial charge < -0.3 is 0 Å². The van der Waals surface area contributed by atoms with E-state index < -0.39 is 0 Å². The van der Waals surface area contributed by atoms with Crippen molar-refractivity contribution in [3.8, 4) is 0 Å². The molecule has 4 rings (SSSR count). The summed E-state index contributed by atoms with van der Waals surface area (Å²) in [5, 5.41) is 7.70. The molecule has 0 spiro atoms. The minimum Gasteiger partial charge on any atom is -0.299 e. The highest BCUT2D eigenvalue weighted by atomic mass is 16.1. The lowest BCUT2D eigenvalue weighted by Gasteiger charge is -2.13. The van der Waals surface area contributed by atoms with Gasteiger partial charge in [-0.15, -0.1) is 0 Å². The zero-order chi connectivity index (χ0) is 17.2. The van der Waals surface area contributed by atoms with Crippen molar-refractivity contribution in [1.82, 2.24) is 0 Å². The Bertz CT molecular complexity index is 1010. The lowest BCUT2D eigenvalue weighted by atomic mass is 9.90. The Labute approximate surface area is 149 Å². The van der Waals surface area contributed by atoms with Crippen LogP contribution >= 0.6 is 0 Å². The van der Waals surface area contributed by atoms with Crippen LogP contribution in [0, 0.1) is 0 Å². The van der Waals surface area contributed by atoms with Crippen LogP contribution in [0.1, 0.15) is 44.6 Å². The molecule has 0 unspecified atom stereocenters. The Morgan fingerprint density at radius 2 is 1.44 bits per heavy atom. The summed E-state index contributed by atoms with van der Waals surface area (Å²) in [6.45, 7) is 2.20. The number of carbonyl (C=O) groups is 1. The van der Waals surface area contributed by atoms with E-state index in [9.17, 15) is 4.79 Å². The molecule has 0 atom stereocenters. The number of hydrogen-bond acceptors (Lipinski definition) is 1. The van der Waals surface area contributed by atoms with Gasteiger partial charge in [-0.1, -0.05) is 80.8 Å². The van der Waals surface area contributed by atoms with Crippen molar-refractivity contribution < 1.29 is 4.79 Å². The first-order valence-electron chi connectivity index (χ1n) is 9.45. The molecular formula is C24H24O. The molecule has 0 aromatic heterocycles. The van der Waals surface area contributed by atoms with Crippen molar-refractivity contribution in [2.75, 3.05) is 0 Å². The van der Waals surface area contributed by atoms with Crippen LogP contribution < -0.4 is 0 Å². The normalized spacial score (nSPS) is 11.7. The number of carbonyl (C=O) groups excluding carboxylic acids is 1. The van der Waals surface area contributed by atoms with Gasteiger partial charge in [-0.25, -0.2) is 0 Å². The van der Waals surface area contributed by atoms with Gasteiger partial charge in [0, 0.05) is 12.8 Å². The second-order valence-electron chi connectivity index (χ2n) is 7.11. The molecule has 4 aromatic rings. The van der Waals surface area contributed by atoms with Crippen LogP contribution in [0.3, 0.4) is 0 Å². The highest BCUT2D eigenvalue weighted by Crippen LogP contribution is 2.36. The lowest BCUT2D eigenvalue weighted by Crippen LogP contribution is -2.03. The fourth-order valence-corrected chi connectivity index (χ4v) is 4.00. The monoisotopic (exact) mass is 328 g/mol. The zero-order valence-electron chi connectivity index (χ0n) is 14.8. The minimum atomic E-state index is 0.367. The topological polar surface area (TPSA) is 17.1 Å². The molecule has 0 aliphatic carbocycles. The largest absolute Gasteiger partial charge is 0.299 e. The summed E-state index contributed by atoms with van der Waals surface area (Å²) in [5.41, 5.74) is 1.17. The maximum Gasteiger partial charge on any atom is 0.137 e. The average molecular weight is 328 g/mol. The predicted molar refractivity (Wildman–Crippen MR) is 108 cm³/mol. The van der Waals surface area contributed by atoms with Gasteiger partial charge in [-0.2, -0.15) is 0 Å². The van der Waals surface area contributed by atoms with Crippen molar-refractivity contribution in [2.45, 2.75) is 45.4 Å². The van der Waals surface area contributed by atoms with E-state index >= 15 is 0 Å². The van der Waals surface area contributed by atoms with Crippen LogP contribution in [0.4, 0.5) is 0 Å². The summed E-state index contributed by atoms with van der Waals surface area (Å²) >= 11 is 0. The molecule has 126 valence electrons. The summed E-state index contributed by atoms with van der Waals surface area (Å²) in [4.78, 5) is 12.4. The van der Waals surface area contributed by atoms with Gasteiger partial charge >= 0.3 is 0 Å². The van der Waals surface area contributed by atoms with Crippen LogP contribution in [-0.2, 0) is 11.2 Å². The van der Waals surface area contributed by atoms with Crippen molar-refractivity contribution in [2.24, 2.45) is 0 Å². The van der Waals surface area contributed by atoms with E-state index in [-0.39, 0.29) is 0 Å². The molecule has 0 saturated carbocycles. The molecule has 1 nitrogen and oxygen atoms in total. The number of ketones is 1. The SMILES string of the molecule is CCCCCCC(=O)Cc1ccc2ccc3cccc4ccc1c2c34. The summed E-state index contributed by atoms with van der Waals surface area (Å²) in [7, 11) is 0. The molecule has 0 saturated heterocycles. The van der Waals surface area contributed by atoms with Crippen LogP contribution in [0.2, 0.25) is 0 Å². The Morgan fingerprint density at radius 1 is 0.760 bits per heavy atom. The second kappa shape index (κ2) is 6.84. The maximum absolute atomic E-state index is 12.4. The van der Waals surface area contributed by atoms with E-state index in [1.54, 1.807) is 0 Å². The van der Waals surface area contributed by atoms with Crippen LogP contribution in [0.15, 0.2) is 54.6 Å². The van der Waals surface area contributed by atoms with Gasteiger partial charge in [0.1, 0.15) is 5.78 Å². The summed E-state index contributed by atoms with van der Waals surface area (Å²) in [6, 6.07) is 19.6. The number of benzene rings is 4. The highest BCUT2D eigenvalue weighted by Gasteiger charge is 2.12. The van der Waals surface area contributed by atoms with E-state index in [0.29, 0.717) is 18.6 Å². The third kappa shape index (κ3) is 3.00. The molecular weight excluding hydrogens is 304 g/mol. The molecule has 0 heterocycles. The molecule has 0 N–H and O–H groups in total. The van der Waals surface area contributed by atoms with Crippen molar-refractivity contribution in [3.63, 3.8) is 0 Å². The van der Waals surface area contributed by atoms with Gasteiger partial charge in [-0.05, 0) is 44.3 Å². The first-order chi connectivity index (χ1) is 12.3. The van der Waals surface area contributed by atoms with Crippen LogP contribution in [-0.4, -0.2) is 5.78 Å². The minimum absolute atomic E-state index is 0.367. The summed E-state index contributed by atoms with van der Waals surface area (Å²) in [5.74, 6) is 0.367. The van der Waals surface area contributed by atoms with E-state index in [0.717, 1.165) is 6.42 Å². The molecule has 0 radical (unpaired) electrons. The Morgan fingerprint density at radius 3 is 2.20 bits per heavy atom. The number of Topliss-reactive ketones (excluding diaryl/α,β-unsaturated/α-hetero) is 1. The molecule has 0 amide bonds. The van der Waals surface area contributed by atoms with Crippen molar-refractivity contribution in [3.05, 3.63) is 60.2 Å². The fourth-order valence-electron chi connectivity index (χ4n) is 4.00. The number of hydrogen-bond donors (Lipinski definition) is 0. The number of unbranched alkanes of at least 4 members (excludes halogenated alkanes) is 3. The second-order valence-corrected chi connectivity index (χ2v) is 7.11. The first kappa shape index (κ1) is 16.1. The molecule has 25 heavy (non-hydrogen) atoms. The number of rotatable bonds is 7. The third-order valence-electron chi connectivity index (χ3n) is 5.32. The van der Waals surface area contributed by atoms with Gasteiger partial charge in [0.2, 0.25) is 0 Å². The molecule has 4 aromatic carbocycles. The standard InChI is InChI=1S/C24H24O/c1-2-3-4-5-9-21(25)16-20-13-12-19-11-10-17-7-6-8-18-14-15-22(20)24(19)23(17)18/h6-8,10-15H,2-5,9,16H2,1H3. The van der Waals surface area contributed by atoms with Gasteiger partial charge in [-0.3, -0.25) is 4.79 Å². The molecule has 1 heteroatoms. The van der Waals surface area contributed by atoms with E-state index in [2.05, 4.69) is 61.5 Å². The predicted octanol–water partition coefficient (Wildman–Crippen LogP) is 6.67. The van der Waals surface area contributed by atoms with Crippen LogP contribution in [0.25, 0.3) is 32.3 Å². The molecule has 0 aliphatic heterocycles. The summed E-state index contributed by atoms with van der Waals surface area (Å²) in [6.07, 6.45) is 5.90. The quantitative estimate of drug-likeness (QED) is 0.273. The lowest BCUT2D eigenvalue weighted by molar-refractivity contribution is -0.118. The van der Waals surface area contributed by atoms with Crippen molar-refractivity contribution in [1.29, 1.82) is 0 Å². The highest BCUT2D eigenvalue weighted by molar-refractivity contribution is 6.23. The van der Waals surface area contributed by atoms with E-state index in [4.69, 9.17) is 0 Å². The third-order valence-corrected chi connectivity index (χ3v) is 5.32. The zero-order valence-corrected chi connectivity index (χ0v) is 14.8. The van der Waals surface area contributed by atoms with Gasteiger partial charge in [0.25, 0.3) is 0 Å². The molecule has 0 fully saturated rings. The Balaban J connectivity index is 1.71. The van der Waals surface area contributed by atoms with Gasteiger partial charge in [0.15, 0.2) is 0 Å². The average Bonchev–Trinajstić information content (AvgIpc) is 2.64. The van der Waals surface area contributed by atoms with Crippen molar-refractivity contribution >= 4 is 38.1 Å². The van der Waals surface area contributed by atoms with Gasteiger partial charge in [0.05, 0.1) is 0 Å². The summed E-state index contributed by atoms with van der Waals surface area (Å²) < 4.78 is 0. The maximum atomic E-state index is 12.4. The molecule has 0 bridgehead atoms. The van der Waals surface area contributed by atoms with E-state index in [1.807, 2.05) is 0 Å². The first-order valence-corrected chi connectivity index (χ1v) is 9.45. The Hall–Kier alpha value is -2.41. The van der Waals surface area contributed by atoms with E-state index in [1.165, 1.54) is 57.1 Å². The fraction of sp³-hybridized carbons (Fsp3) is 0.292.